The number of rotatable bonds is 6. The Bertz CT molecular complexity index is 725. The average Bonchev–Trinajstić information content (AvgIpc) is 2.62. The highest BCUT2D eigenvalue weighted by atomic mass is 35.5. The van der Waals surface area contributed by atoms with Crippen LogP contribution < -0.4 is 10.6 Å². The first-order valence-corrected chi connectivity index (χ1v) is 8.18. The van der Waals surface area contributed by atoms with Gasteiger partial charge < -0.3 is 15.4 Å². The molecule has 0 bridgehead atoms. The molecule has 2 atom stereocenters. The van der Waals surface area contributed by atoms with Crippen molar-refractivity contribution in [3.63, 3.8) is 0 Å². The molecule has 0 saturated heterocycles. The van der Waals surface area contributed by atoms with E-state index in [1.54, 1.807) is 36.5 Å². The number of nitrogens with zero attached hydrogens (tertiary/aromatic N) is 1. The molecule has 1 heterocycles. The third-order valence-electron chi connectivity index (χ3n) is 3.66. The number of carbonyl (C=O) groups excluding carboxylic acids is 2. The first-order chi connectivity index (χ1) is 12.0. The number of amides is 2. The summed E-state index contributed by atoms with van der Waals surface area (Å²) in [7, 11) is 1.30. The number of benzene rings is 1. The van der Waals surface area contributed by atoms with Gasteiger partial charge in [-0.1, -0.05) is 35.9 Å². The number of esters is 1. The Morgan fingerprint density at radius 3 is 2.52 bits per heavy atom. The maximum absolute atomic E-state index is 12.3. The van der Waals surface area contributed by atoms with Crippen molar-refractivity contribution in [1.29, 1.82) is 0 Å². The Morgan fingerprint density at radius 2 is 1.88 bits per heavy atom. The van der Waals surface area contributed by atoms with Gasteiger partial charge in [0, 0.05) is 11.2 Å². The number of aromatic nitrogens is 1. The lowest BCUT2D eigenvalue weighted by atomic mass is 10.0. The van der Waals surface area contributed by atoms with Gasteiger partial charge in [-0.15, -0.1) is 0 Å². The molecule has 2 aromatic rings. The van der Waals surface area contributed by atoms with E-state index in [4.69, 9.17) is 16.3 Å². The summed E-state index contributed by atoms with van der Waals surface area (Å²) in [6, 6.07) is 11.2. The molecule has 6 nitrogen and oxygen atoms in total. The van der Waals surface area contributed by atoms with Crippen LogP contribution in [0.2, 0.25) is 5.02 Å². The van der Waals surface area contributed by atoms with Gasteiger partial charge >= 0.3 is 12.0 Å². The zero-order valence-electron chi connectivity index (χ0n) is 14.0. The molecule has 1 aromatic carbocycles. The molecule has 0 aliphatic rings. The Morgan fingerprint density at radius 1 is 1.16 bits per heavy atom. The van der Waals surface area contributed by atoms with Crippen molar-refractivity contribution >= 4 is 23.6 Å². The molecule has 7 heteroatoms. The van der Waals surface area contributed by atoms with Gasteiger partial charge in [-0.25, -0.2) is 4.79 Å². The number of urea groups is 1. The summed E-state index contributed by atoms with van der Waals surface area (Å²) in [5.74, 6) is -0.442. The molecule has 0 aliphatic carbocycles. The number of hydrogen-bond acceptors (Lipinski definition) is 4. The normalized spacial score (nSPS) is 12.8. The van der Waals surface area contributed by atoms with Gasteiger partial charge in [0.15, 0.2) is 0 Å². The first kappa shape index (κ1) is 18.7. The van der Waals surface area contributed by atoms with Crippen molar-refractivity contribution in [2.24, 2.45) is 0 Å². The molecular weight excluding hydrogens is 342 g/mol. The molecule has 25 heavy (non-hydrogen) atoms. The van der Waals surface area contributed by atoms with Crippen molar-refractivity contribution in [2.45, 2.75) is 25.4 Å². The number of methoxy groups -OCH3 is 1. The van der Waals surface area contributed by atoms with Gasteiger partial charge in [0.25, 0.3) is 0 Å². The fraction of sp³-hybridized carbons (Fsp3) is 0.278. The number of halogens is 1. The quantitative estimate of drug-likeness (QED) is 0.773. The Hall–Kier alpha value is -2.60. The lowest BCUT2D eigenvalue weighted by molar-refractivity contribution is -0.141. The minimum absolute atomic E-state index is 0.0222. The molecule has 0 radical (unpaired) electrons. The van der Waals surface area contributed by atoms with E-state index >= 15 is 0 Å². The summed E-state index contributed by atoms with van der Waals surface area (Å²) in [5, 5.41) is 6.04. The SMILES string of the molecule is COC(=O)CC(NC(=O)NC(C)c1ccccn1)c1ccccc1Cl. The monoisotopic (exact) mass is 361 g/mol. The van der Waals surface area contributed by atoms with Gasteiger partial charge in [0.1, 0.15) is 0 Å². The molecule has 0 aliphatic heterocycles. The summed E-state index contributed by atoms with van der Waals surface area (Å²) in [4.78, 5) is 28.2. The van der Waals surface area contributed by atoms with Crippen LogP contribution in [-0.4, -0.2) is 24.1 Å². The Balaban J connectivity index is 2.09. The van der Waals surface area contributed by atoms with Crippen LogP contribution in [-0.2, 0) is 9.53 Å². The van der Waals surface area contributed by atoms with Gasteiger partial charge in [-0.05, 0) is 30.7 Å². The zero-order valence-corrected chi connectivity index (χ0v) is 14.8. The van der Waals surface area contributed by atoms with Gasteiger partial charge in [0.2, 0.25) is 0 Å². The number of ether oxygens (including phenoxy) is 1. The van der Waals surface area contributed by atoms with Crippen LogP contribution in [0.5, 0.6) is 0 Å². The Labute approximate surface area is 151 Å². The van der Waals surface area contributed by atoms with Gasteiger partial charge in [0.05, 0.1) is 31.3 Å². The van der Waals surface area contributed by atoms with Crippen molar-refractivity contribution < 1.29 is 14.3 Å². The first-order valence-electron chi connectivity index (χ1n) is 7.80. The minimum atomic E-state index is -0.600. The molecule has 2 N–H and O–H groups in total. The molecule has 0 saturated carbocycles. The van der Waals surface area contributed by atoms with E-state index in [2.05, 4.69) is 15.6 Å². The van der Waals surface area contributed by atoms with E-state index in [0.29, 0.717) is 10.6 Å². The topological polar surface area (TPSA) is 80.3 Å². The van der Waals surface area contributed by atoms with Gasteiger partial charge in [-0.2, -0.15) is 0 Å². The van der Waals surface area contributed by atoms with E-state index < -0.39 is 18.0 Å². The number of pyridine rings is 1. The molecule has 132 valence electrons. The summed E-state index contributed by atoms with van der Waals surface area (Å²) in [6.07, 6.45) is 1.64. The maximum atomic E-state index is 12.3. The molecule has 1 aromatic heterocycles. The smallest absolute Gasteiger partial charge is 0.315 e. The highest BCUT2D eigenvalue weighted by molar-refractivity contribution is 6.31. The Kier molecular flexibility index (Phi) is 6.77. The van der Waals surface area contributed by atoms with Crippen molar-refractivity contribution in [1.82, 2.24) is 15.6 Å². The number of hydrogen-bond donors (Lipinski definition) is 2. The molecule has 2 unspecified atom stereocenters. The number of nitrogens with one attached hydrogen (secondary N) is 2. The molecular formula is C18H20ClN3O3. The highest BCUT2D eigenvalue weighted by Crippen LogP contribution is 2.25. The van der Waals surface area contributed by atoms with Crippen LogP contribution in [0.15, 0.2) is 48.7 Å². The summed E-state index contributed by atoms with van der Waals surface area (Å²) in [5.41, 5.74) is 1.38. The minimum Gasteiger partial charge on any atom is -0.469 e. The van der Waals surface area contributed by atoms with Crippen LogP contribution in [0.25, 0.3) is 0 Å². The summed E-state index contributed by atoms with van der Waals surface area (Å²) < 4.78 is 4.71. The third kappa shape index (κ3) is 5.46. The lowest BCUT2D eigenvalue weighted by Gasteiger charge is -2.21. The fourth-order valence-corrected chi connectivity index (χ4v) is 2.62. The number of carbonyl (C=O) groups is 2. The van der Waals surface area contributed by atoms with Crippen LogP contribution in [0.3, 0.4) is 0 Å². The van der Waals surface area contributed by atoms with Crippen molar-refractivity contribution in [2.75, 3.05) is 7.11 Å². The zero-order chi connectivity index (χ0) is 18.2. The van der Waals surface area contributed by atoms with Crippen molar-refractivity contribution in [3.8, 4) is 0 Å². The van der Waals surface area contributed by atoms with Crippen LogP contribution in [0.4, 0.5) is 4.79 Å². The predicted octanol–water partition coefficient (Wildman–Crippen LogP) is 3.40. The van der Waals surface area contributed by atoms with E-state index in [1.807, 2.05) is 19.1 Å². The predicted molar refractivity (Wildman–Crippen MR) is 95.1 cm³/mol. The van der Waals surface area contributed by atoms with Crippen LogP contribution in [0, 0.1) is 0 Å². The standard InChI is InChI=1S/C18H20ClN3O3/c1-12(15-9-5-6-10-20-15)21-18(24)22-16(11-17(23)25-2)13-7-3-4-8-14(13)19/h3-10,12,16H,11H2,1-2H3,(H2,21,22,24). The molecule has 2 amide bonds. The fourth-order valence-electron chi connectivity index (χ4n) is 2.35. The summed E-state index contributed by atoms with van der Waals surface area (Å²) in [6.45, 7) is 1.83. The molecule has 0 spiro atoms. The van der Waals surface area contributed by atoms with Crippen molar-refractivity contribution in [3.05, 3.63) is 64.9 Å². The molecule has 0 fully saturated rings. The van der Waals surface area contributed by atoms with Gasteiger partial charge in [-0.3, -0.25) is 9.78 Å². The van der Waals surface area contributed by atoms with E-state index in [0.717, 1.165) is 5.69 Å². The lowest BCUT2D eigenvalue weighted by Crippen LogP contribution is -2.40. The van der Waals surface area contributed by atoms with E-state index in [1.165, 1.54) is 7.11 Å². The van der Waals surface area contributed by atoms with Crippen LogP contribution in [0.1, 0.15) is 36.7 Å². The van der Waals surface area contributed by atoms with E-state index in [9.17, 15) is 9.59 Å². The maximum Gasteiger partial charge on any atom is 0.315 e. The average molecular weight is 362 g/mol. The summed E-state index contributed by atoms with van der Waals surface area (Å²) >= 11 is 6.20. The largest absolute Gasteiger partial charge is 0.469 e. The second-order valence-electron chi connectivity index (χ2n) is 5.45. The van der Waals surface area contributed by atoms with E-state index in [-0.39, 0.29) is 12.5 Å². The third-order valence-corrected chi connectivity index (χ3v) is 4.01. The molecule has 2 rings (SSSR count). The van der Waals surface area contributed by atoms with Crippen LogP contribution >= 0.6 is 11.6 Å². The second-order valence-corrected chi connectivity index (χ2v) is 5.86. The second kappa shape index (κ2) is 9.03. The highest BCUT2D eigenvalue weighted by Gasteiger charge is 2.22.